The molecule has 0 amide bonds. The Morgan fingerprint density at radius 1 is 0.963 bits per heavy atom. The number of benzene rings is 1. The lowest BCUT2D eigenvalue weighted by molar-refractivity contribution is -0.186. The van der Waals surface area contributed by atoms with Crippen LogP contribution in [0, 0.1) is 11.3 Å². The number of thioether (sulfide) groups is 1. The molecular formula is C18H19NO7S. The second kappa shape index (κ2) is 9.28. The van der Waals surface area contributed by atoms with Gasteiger partial charge in [0.2, 0.25) is 0 Å². The zero-order valence-corrected chi connectivity index (χ0v) is 15.9. The van der Waals surface area contributed by atoms with Crippen LogP contribution >= 0.6 is 11.8 Å². The maximum Gasteiger partial charge on any atom is 0.303 e. The van der Waals surface area contributed by atoms with Crippen LogP contribution in [0.1, 0.15) is 26.3 Å². The topological polar surface area (TPSA) is 112 Å². The van der Waals surface area contributed by atoms with Gasteiger partial charge in [0, 0.05) is 26.5 Å². The minimum absolute atomic E-state index is 0.288. The Bertz CT molecular complexity index is 743. The SMILES string of the molecule is CC(=O)O[C@@H]1[C@@H](OC(C)=O)[C@H](OC(C)=O)CS[C@H]1Oc1ccc(C#N)cc1. The lowest BCUT2D eigenvalue weighted by atomic mass is 10.1. The third-order valence-electron chi connectivity index (χ3n) is 3.54. The van der Waals surface area contributed by atoms with Gasteiger partial charge < -0.3 is 18.9 Å². The molecule has 0 aliphatic carbocycles. The van der Waals surface area contributed by atoms with Crippen molar-refractivity contribution in [2.75, 3.05) is 5.75 Å². The summed E-state index contributed by atoms with van der Waals surface area (Å²) in [6, 6.07) is 8.42. The molecule has 1 aliphatic rings. The van der Waals surface area contributed by atoms with E-state index in [1.807, 2.05) is 6.07 Å². The summed E-state index contributed by atoms with van der Waals surface area (Å²) >= 11 is 1.27. The number of hydrogen-bond donors (Lipinski definition) is 0. The van der Waals surface area contributed by atoms with Crippen molar-refractivity contribution in [3.05, 3.63) is 29.8 Å². The largest absolute Gasteiger partial charge is 0.476 e. The van der Waals surface area contributed by atoms with Crippen molar-refractivity contribution in [2.24, 2.45) is 0 Å². The van der Waals surface area contributed by atoms with Gasteiger partial charge in [-0.3, -0.25) is 14.4 Å². The molecule has 1 aromatic rings. The van der Waals surface area contributed by atoms with Gasteiger partial charge in [-0.15, -0.1) is 11.8 Å². The van der Waals surface area contributed by atoms with Crippen molar-refractivity contribution in [1.82, 2.24) is 0 Å². The molecule has 0 radical (unpaired) electrons. The van der Waals surface area contributed by atoms with E-state index in [1.165, 1.54) is 32.5 Å². The van der Waals surface area contributed by atoms with Crippen molar-refractivity contribution >= 4 is 29.7 Å². The van der Waals surface area contributed by atoms with E-state index in [2.05, 4.69) is 0 Å². The second-order valence-electron chi connectivity index (χ2n) is 5.75. The van der Waals surface area contributed by atoms with Crippen LogP contribution in [0.4, 0.5) is 0 Å². The minimum Gasteiger partial charge on any atom is -0.476 e. The zero-order valence-electron chi connectivity index (χ0n) is 15.0. The summed E-state index contributed by atoms with van der Waals surface area (Å²) in [6.45, 7) is 3.69. The first kappa shape index (κ1) is 20.6. The summed E-state index contributed by atoms with van der Waals surface area (Å²) in [4.78, 5) is 34.5. The highest BCUT2D eigenvalue weighted by Crippen LogP contribution is 2.34. The first-order chi connectivity index (χ1) is 12.8. The Labute approximate surface area is 160 Å². The molecule has 2 rings (SSSR count). The molecule has 4 atom stereocenters. The van der Waals surface area contributed by atoms with E-state index in [1.54, 1.807) is 24.3 Å². The van der Waals surface area contributed by atoms with Crippen LogP contribution in [0.2, 0.25) is 0 Å². The van der Waals surface area contributed by atoms with Crippen LogP contribution in [0.25, 0.3) is 0 Å². The average molecular weight is 393 g/mol. The highest BCUT2D eigenvalue weighted by Gasteiger charge is 2.47. The molecule has 0 aromatic heterocycles. The predicted octanol–water partition coefficient (Wildman–Crippen LogP) is 1.81. The van der Waals surface area contributed by atoms with E-state index in [9.17, 15) is 14.4 Å². The smallest absolute Gasteiger partial charge is 0.303 e. The maximum absolute atomic E-state index is 11.6. The summed E-state index contributed by atoms with van der Waals surface area (Å²) in [5.74, 6) is -0.981. The molecule has 0 N–H and O–H groups in total. The fourth-order valence-corrected chi connectivity index (χ4v) is 3.77. The first-order valence-corrected chi connectivity index (χ1v) is 9.15. The Kier molecular flexibility index (Phi) is 7.07. The number of hydrogen-bond acceptors (Lipinski definition) is 9. The van der Waals surface area contributed by atoms with Crippen molar-refractivity contribution < 1.29 is 33.3 Å². The van der Waals surface area contributed by atoms with Gasteiger partial charge in [-0.05, 0) is 24.3 Å². The Morgan fingerprint density at radius 3 is 2.04 bits per heavy atom. The highest BCUT2D eigenvalue weighted by molar-refractivity contribution is 7.99. The molecule has 0 bridgehead atoms. The Morgan fingerprint density at radius 2 is 1.52 bits per heavy atom. The maximum atomic E-state index is 11.6. The van der Waals surface area contributed by atoms with Crippen LogP contribution in [0.5, 0.6) is 5.75 Å². The lowest BCUT2D eigenvalue weighted by Gasteiger charge is -2.39. The van der Waals surface area contributed by atoms with Crippen LogP contribution in [0.15, 0.2) is 24.3 Å². The molecule has 1 saturated heterocycles. The molecule has 0 saturated carbocycles. The van der Waals surface area contributed by atoms with Crippen LogP contribution in [-0.2, 0) is 28.6 Å². The molecule has 9 heteroatoms. The Hall–Kier alpha value is -2.73. The van der Waals surface area contributed by atoms with Crippen LogP contribution in [-0.4, -0.2) is 47.4 Å². The van der Waals surface area contributed by atoms with Crippen molar-refractivity contribution in [1.29, 1.82) is 5.26 Å². The molecule has 1 fully saturated rings. The zero-order chi connectivity index (χ0) is 20.0. The highest BCUT2D eigenvalue weighted by atomic mass is 32.2. The third kappa shape index (κ3) is 5.89. The average Bonchev–Trinajstić information content (AvgIpc) is 2.59. The van der Waals surface area contributed by atoms with Gasteiger partial charge in [0.1, 0.15) is 5.75 Å². The van der Waals surface area contributed by atoms with Gasteiger partial charge in [0.25, 0.3) is 0 Å². The van der Waals surface area contributed by atoms with Gasteiger partial charge in [-0.1, -0.05) is 0 Å². The van der Waals surface area contributed by atoms with Gasteiger partial charge in [0.05, 0.1) is 11.6 Å². The molecule has 1 heterocycles. The second-order valence-corrected chi connectivity index (χ2v) is 6.88. The van der Waals surface area contributed by atoms with Gasteiger partial charge in [-0.2, -0.15) is 5.26 Å². The molecule has 1 aliphatic heterocycles. The molecular weight excluding hydrogens is 374 g/mol. The van der Waals surface area contributed by atoms with Crippen LogP contribution < -0.4 is 4.74 Å². The number of nitrogens with zero attached hydrogens (tertiary/aromatic N) is 1. The van der Waals surface area contributed by atoms with Gasteiger partial charge in [-0.25, -0.2) is 0 Å². The summed E-state index contributed by atoms with van der Waals surface area (Å²) in [6.07, 6.45) is -2.76. The number of rotatable bonds is 5. The van der Waals surface area contributed by atoms with E-state index in [4.69, 9.17) is 24.2 Å². The van der Waals surface area contributed by atoms with Gasteiger partial charge >= 0.3 is 17.9 Å². The number of ether oxygens (including phenoxy) is 4. The normalized spacial score (nSPS) is 24.2. The molecule has 8 nitrogen and oxygen atoms in total. The number of nitriles is 1. The minimum atomic E-state index is -1.00. The summed E-state index contributed by atoms with van der Waals surface area (Å²) in [5, 5.41) is 8.87. The summed E-state index contributed by atoms with van der Waals surface area (Å²) in [7, 11) is 0. The van der Waals surface area contributed by atoms with E-state index < -0.39 is 41.7 Å². The fraction of sp³-hybridized carbons (Fsp3) is 0.444. The number of esters is 3. The quantitative estimate of drug-likeness (QED) is 0.546. The third-order valence-corrected chi connectivity index (χ3v) is 4.75. The van der Waals surface area contributed by atoms with Crippen molar-refractivity contribution in [2.45, 2.75) is 44.5 Å². The monoisotopic (exact) mass is 393 g/mol. The van der Waals surface area contributed by atoms with Gasteiger partial charge in [0.15, 0.2) is 23.7 Å². The molecule has 1 aromatic carbocycles. The Balaban J connectivity index is 2.26. The molecule has 144 valence electrons. The fourth-order valence-electron chi connectivity index (χ4n) is 2.55. The number of carbonyl (C=O) groups excluding carboxylic acids is 3. The number of carbonyl (C=O) groups is 3. The molecule has 0 unspecified atom stereocenters. The predicted molar refractivity (Wildman–Crippen MR) is 94.7 cm³/mol. The van der Waals surface area contributed by atoms with E-state index in [0.717, 1.165) is 0 Å². The van der Waals surface area contributed by atoms with E-state index in [-0.39, 0.29) is 5.75 Å². The van der Waals surface area contributed by atoms with E-state index in [0.29, 0.717) is 11.3 Å². The first-order valence-electron chi connectivity index (χ1n) is 8.10. The van der Waals surface area contributed by atoms with E-state index >= 15 is 0 Å². The standard InChI is InChI=1S/C18H19NO7S/c1-10(20)23-15-9-27-18(26-14-6-4-13(8-19)5-7-14)17(25-12(3)22)16(15)24-11(2)21/h4-7,15-18H,9H2,1-3H3/t15-,16+,17-,18-/m1/s1. The summed E-state index contributed by atoms with van der Waals surface area (Å²) in [5.41, 5.74) is -0.221. The van der Waals surface area contributed by atoms with Crippen molar-refractivity contribution in [3.63, 3.8) is 0 Å². The molecule has 0 spiro atoms. The van der Waals surface area contributed by atoms with Crippen molar-refractivity contribution in [3.8, 4) is 11.8 Å². The molecule has 27 heavy (non-hydrogen) atoms. The summed E-state index contributed by atoms with van der Waals surface area (Å²) < 4.78 is 21.7. The van der Waals surface area contributed by atoms with Crippen LogP contribution in [0.3, 0.4) is 0 Å². The lowest BCUT2D eigenvalue weighted by Crippen LogP contribution is -2.55.